The number of carbonyl (C=O) groups excluding carboxylic acids is 1. The molecule has 1 aromatic carbocycles. The van der Waals surface area contributed by atoms with Gasteiger partial charge in [0.05, 0.1) is 0 Å². The van der Waals surface area contributed by atoms with Crippen molar-refractivity contribution in [2.75, 3.05) is 13.1 Å². The molecule has 2 rings (SSSR count). The number of benzene rings is 1. The molecule has 0 radical (unpaired) electrons. The second kappa shape index (κ2) is 8.05. The van der Waals surface area contributed by atoms with Crippen LogP contribution < -0.4 is 10.6 Å². The van der Waals surface area contributed by atoms with Gasteiger partial charge in [0.1, 0.15) is 0 Å². The van der Waals surface area contributed by atoms with Crippen molar-refractivity contribution in [3.8, 4) is 0 Å². The first-order valence-electron chi connectivity index (χ1n) is 7.82. The van der Waals surface area contributed by atoms with Crippen LogP contribution in [0.3, 0.4) is 0 Å². The lowest BCUT2D eigenvalue weighted by Crippen LogP contribution is -2.36. The van der Waals surface area contributed by atoms with Gasteiger partial charge in [-0.05, 0) is 50.3 Å². The molecule has 0 bridgehead atoms. The normalized spacial score (nSPS) is 19.8. The zero-order chi connectivity index (χ0) is 14.2. The number of rotatable bonds is 7. The minimum atomic E-state index is 0.208. The molecule has 2 atom stereocenters. The fourth-order valence-electron chi connectivity index (χ4n) is 2.79. The summed E-state index contributed by atoms with van der Waals surface area (Å²) in [7, 11) is 0. The van der Waals surface area contributed by atoms with Crippen molar-refractivity contribution < 1.29 is 4.79 Å². The molecule has 1 aromatic rings. The predicted molar refractivity (Wildman–Crippen MR) is 82.6 cm³/mol. The largest absolute Gasteiger partial charge is 0.353 e. The molecule has 1 heterocycles. The average Bonchev–Trinajstić information content (AvgIpc) is 2.99. The van der Waals surface area contributed by atoms with Gasteiger partial charge in [-0.15, -0.1) is 0 Å². The third kappa shape index (κ3) is 4.97. The van der Waals surface area contributed by atoms with E-state index >= 15 is 0 Å². The third-order valence-corrected chi connectivity index (χ3v) is 4.12. The topological polar surface area (TPSA) is 41.1 Å². The molecule has 0 aromatic heterocycles. The van der Waals surface area contributed by atoms with Gasteiger partial charge in [-0.3, -0.25) is 4.79 Å². The molecule has 110 valence electrons. The number of carbonyl (C=O) groups is 1. The molecular weight excluding hydrogens is 248 g/mol. The van der Waals surface area contributed by atoms with Crippen molar-refractivity contribution in [3.05, 3.63) is 35.9 Å². The van der Waals surface area contributed by atoms with Crippen LogP contribution >= 0.6 is 0 Å². The smallest absolute Gasteiger partial charge is 0.220 e. The summed E-state index contributed by atoms with van der Waals surface area (Å²) in [6.45, 7) is 4.32. The second-order valence-electron chi connectivity index (χ2n) is 5.76. The molecule has 3 nitrogen and oxygen atoms in total. The first-order valence-corrected chi connectivity index (χ1v) is 7.82. The van der Waals surface area contributed by atoms with Gasteiger partial charge in [-0.1, -0.05) is 37.3 Å². The lowest BCUT2D eigenvalue weighted by Gasteiger charge is -2.17. The van der Waals surface area contributed by atoms with E-state index in [1.807, 2.05) is 6.07 Å². The maximum absolute atomic E-state index is 12.0. The van der Waals surface area contributed by atoms with Crippen molar-refractivity contribution >= 4 is 5.91 Å². The Morgan fingerprint density at radius 2 is 2.20 bits per heavy atom. The number of amides is 1. The second-order valence-corrected chi connectivity index (χ2v) is 5.76. The van der Waals surface area contributed by atoms with E-state index in [2.05, 4.69) is 41.8 Å². The summed E-state index contributed by atoms with van der Waals surface area (Å²) in [5, 5.41) is 6.53. The Bertz CT molecular complexity index is 399. The van der Waals surface area contributed by atoms with Gasteiger partial charge in [-0.2, -0.15) is 0 Å². The van der Waals surface area contributed by atoms with Crippen molar-refractivity contribution in [1.29, 1.82) is 0 Å². The van der Waals surface area contributed by atoms with Crippen LogP contribution in [0.2, 0.25) is 0 Å². The summed E-state index contributed by atoms with van der Waals surface area (Å²) >= 11 is 0. The fourth-order valence-corrected chi connectivity index (χ4v) is 2.79. The Labute approximate surface area is 122 Å². The molecule has 1 aliphatic heterocycles. The standard InChI is InChI=1S/C17H26N2O/c1-2-16(12-14-6-4-3-5-7-14)19-17(20)9-8-15-10-11-18-13-15/h3-7,15-16,18H,2,8-13H2,1H3,(H,19,20). The Morgan fingerprint density at radius 1 is 1.40 bits per heavy atom. The van der Waals surface area contributed by atoms with E-state index < -0.39 is 0 Å². The van der Waals surface area contributed by atoms with E-state index in [1.165, 1.54) is 12.0 Å². The third-order valence-electron chi connectivity index (χ3n) is 4.12. The van der Waals surface area contributed by atoms with Gasteiger partial charge in [0.15, 0.2) is 0 Å². The molecule has 1 fully saturated rings. The van der Waals surface area contributed by atoms with Crippen LogP contribution in [0.1, 0.15) is 38.2 Å². The zero-order valence-electron chi connectivity index (χ0n) is 12.4. The fraction of sp³-hybridized carbons (Fsp3) is 0.588. The maximum atomic E-state index is 12.0. The lowest BCUT2D eigenvalue weighted by atomic mass is 10.0. The monoisotopic (exact) mass is 274 g/mol. The van der Waals surface area contributed by atoms with E-state index in [9.17, 15) is 4.79 Å². The van der Waals surface area contributed by atoms with E-state index in [4.69, 9.17) is 0 Å². The molecular formula is C17H26N2O. The molecule has 0 aliphatic carbocycles. The lowest BCUT2D eigenvalue weighted by molar-refractivity contribution is -0.122. The maximum Gasteiger partial charge on any atom is 0.220 e. The highest BCUT2D eigenvalue weighted by molar-refractivity contribution is 5.76. The number of hydrogen-bond acceptors (Lipinski definition) is 2. The van der Waals surface area contributed by atoms with E-state index in [0.29, 0.717) is 12.3 Å². The molecule has 3 heteroatoms. The Hall–Kier alpha value is -1.35. The summed E-state index contributed by atoms with van der Waals surface area (Å²) in [6, 6.07) is 10.6. The van der Waals surface area contributed by atoms with Gasteiger partial charge in [0.25, 0.3) is 0 Å². The van der Waals surface area contributed by atoms with Gasteiger partial charge in [0, 0.05) is 12.5 Å². The molecule has 2 N–H and O–H groups in total. The first-order chi connectivity index (χ1) is 9.78. The highest BCUT2D eigenvalue weighted by atomic mass is 16.1. The number of nitrogens with one attached hydrogen (secondary N) is 2. The molecule has 2 unspecified atom stereocenters. The van der Waals surface area contributed by atoms with Crippen molar-refractivity contribution in [1.82, 2.24) is 10.6 Å². The highest BCUT2D eigenvalue weighted by Gasteiger charge is 2.17. The van der Waals surface area contributed by atoms with Crippen LogP contribution in [0.4, 0.5) is 0 Å². The van der Waals surface area contributed by atoms with Gasteiger partial charge in [0.2, 0.25) is 5.91 Å². The highest BCUT2D eigenvalue weighted by Crippen LogP contribution is 2.14. The van der Waals surface area contributed by atoms with Crippen LogP contribution in [0.5, 0.6) is 0 Å². The quantitative estimate of drug-likeness (QED) is 0.802. The van der Waals surface area contributed by atoms with Crippen LogP contribution in [-0.2, 0) is 11.2 Å². The van der Waals surface area contributed by atoms with Crippen molar-refractivity contribution in [3.63, 3.8) is 0 Å². The summed E-state index contributed by atoms with van der Waals surface area (Å²) in [6.07, 6.45) is 4.80. The van der Waals surface area contributed by atoms with Crippen LogP contribution in [0.25, 0.3) is 0 Å². The Morgan fingerprint density at radius 3 is 2.85 bits per heavy atom. The minimum absolute atomic E-state index is 0.208. The predicted octanol–water partition coefficient (Wildman–Crippen LogP) is 2.51. The van der Waals surface area contributed by atoms with Crippen LogP contribution in [0, 0.1) is 5.92 Å². The Balaban J connectivity index is 1.72. The first kappa shape index (κ1) is 15.0. The summed E-state index contributed by atoms with van der Waals surface area (Å²) in [4.78, 5) is 12.0. The van der Waals surface area contributed by atoms with Crippen molar-refractivity contribution in [2.24, 2.45) is 5.92 Å². The number of hydrogen-bond donors (Lipinski definition) is 2. The van der Waals surface area contributed by atoms with Crippen molar-refractivity contribution in [2.45, 2.75) is 45.1 Å². The van der Waals surface area contributed by atoms with E-state index in [0.717, 1.165) is 32.4 Å². The molecule has 0 spiro atoms. The summed E-state index contributed by atoms with van der Waals surface area (Å²) in [5.41, 5.74) is 1.29. The molecule has 20 heavy (non-hydrogen) atoms. The molecule has 1 amide bonds. The van der Waals surface area contributed by atoms with E-state index in [-0.39, 0.29) is 11.9 Å². The summed E-state index contributed by atoms with van der Waals surface area (Å²) in [5.74, 6) is 0.898. The van der Waals surface area contributed by atoms with Crippen LogP contribution in [-0.4, -0.2) is 25.0 Å². The van der Waals surface area contributed by atoms with E-state index in [1.54, 1.807) is 0 Å². The molecule has 0 saturated carbocycles. The minimum Gasteiger partial charge on any atom is -0.353 e. The molecule has 1 saturated heterocycles. The summed E-state index contributed by atoms with van der Waals surface area (Å²) < 4.78 is 0. The van der Waals surface area contributed by atoms with Gasteiger partial charge >= 0.3 is 0 Å². The van der Waals surface area contributed by atoms with Gasteiger partial charge in [-0.25, -0.2) is 0 Å². The van der Waals surface area contributed by atoms with Crippen LogP contribution in [0.15, 0.2) is 30.3 Å². The molecule has 1 aliphatic rings. The average molecular weight is 274 g/mol. The zero-order valence-corrected chi connectivity index (χ0v) is 12.4. The Kier molecular flexibility index (Phi) is 6.06. The SMILES string of the molecule is CCC(Cc1ccccc1)NC(=O)CCC1CCNC1. The van der Waals surface area contributed by atoms with Gasteiger partial charge < -0.3 is 10.6 Å².